The van der Waals surface area contributed by atoms with Crippen molar-refractivity contribution in [1.82, 2.24) is 15.0 Å². The van der Waals surface area contributed by atoms with Gasteiger partial charge in [-0.3, -0.25) is 9.78 Å². The van der Waals surface area contributed by atoms with E-state index in [0.717, 1.165) is 11.3 Å². The van der Waals surface area contributed by atoms with E-state index in [4.69, 9.17) is 4.74 Å². The molecule has 2 aliphatic heterocycles. The number of aromatic amines is 1. The lowest BCUT2D eigenvalue weighted by atomic mass is 10.2. The number of ether oxygens (including phenoxy) is 1. The van der Waals surface area contributed by atoms with Gasteiger partial charge in [0, 0.05) is 18.7 Å². The first-order valence-electron chi connectivity index (χ1n) is 4.16. The van der Waals surface area contributed by atoms with E-state index in [1.54, 1.807) is 18.7 Å². The number of aromatic nitrogens is 3. The molecule has 2 heterocycles. The van der Waals surface area contributed by atoms with Crippen molar-refractivity contribution in [2.24, 2.45) is 0 Å². The molecule has 0 fully saturated rings. The molecule has 0 saturated heterocycles. The number of H-pyrrole nitrogens is 1. The summed E-state index contributed by atoms with van der Waals surface area (Å²) in [7, 11) is 0. The standard InChI is InChI=1S/C9H9N3O2/c1-6(13)14-4-9-7-2-10-3-8(7)11-5-12-9/h2-3,5H,4H2,1H3,(H,11,12). The molecule has 5 heteroatoms. The van der Waals surface area contributed by atoms with E-state index in [0.29, 0.717) is 5.69 Å². The van der Waals surface area contributed by atoms with Crippen molar-refractivity contribution in [3.8, 4) is 11.3 Å². The van der Waals surface area contributed by atoms with Gasteiger partial charge in [-0.2, -0.15) is 0 Å². The third-order valence-corrected chi connectivity index (χ3v) is 1.86. The van der Waals surface area contributed by atoms with Gasteiger partial charge in [-0.15, -0.1) is 0 Å². The summed E-state index contributed by atoms with van der Waals surface area (Å²) >= 11 is 0. The van der Waals surface area contributed by atoms with Crippen LogP contribution in [0.15, 0.2) is 18.7 Å². The van der Waals surface area contributed by atoms with Gasteiger partial charge in [0.2, 0.25) is 0 Å². The summed E-state index contributed by atoms with van der Waals surface area (Å²) in [6, 6.07) is 0. The Bertz CT molecular complexity index is 424. The quantitative estimate of drug-likeness (QED) is 0.718. The van der Waals surface area contributed by atoms with Gasteiger partial charge in [0.1, 0.15) is 6.61 Å². The number of carbonyl (C=O) groups excluding carboxylic acids is 1. The number of esters is 1. The van der Waals surface area contributed by atoms with Crippen LogP contribution in [-0.4, -0.2) is 20.9 Å². The van der Waals surface area contributed by atoms with Crippen molar-refractivity contribution in [1.29, 1.82) is 0 Å². The highest BCUT2D eigenvalue weighted by atomic mass is 16.5. The molecule has 0 bridgehead atoms. The van der Waals surface area contributed by atoms with Gasteiger partial charge in [-0.1, -0.05) is 0 Å². The Hall–Kier alpha value is -1.91. The average Bonchev–Trinajstić information content (AvgIpc) is 2.62. The maximum atomic E-state index is 10.6. The Morgan fingerprint density at radius 3 is 3.21 bits per heavy atom. The number of hydrogen-bond acceptors (Lipinski definition) is 4. The summed E-state index contributed by atoms with van der Waals surface area (Å²) in [5.74, 6) is -0.313. The predicted molar refractivity (Wildman–Crippen MR) is 48.5 cm³/mol. The Balaban J connectivity index is 2.25. The average molecular weight is 191 g/mol. The smallest absolute Gasteiger partial charge is 0.303 e. The lowest BCUT2D eigenvalue weighted by Crippen LogP contribution is -2.02. The van der Waals surface area contributed by atoms with E-state index in [-0.39, 0.29) is 12.6 Å². The molecule has 0 spiro atoms. The predicted octanol–water partition coefficient (Wildman–Crippen LogP) is 0.973. The third-order valence-electron chi connectivity index (χ3n) is 1.86. The van der Waals surface area contributed by atoms with Crippen molar-refractivity contribution in [2.75, 3.05) is 0 Å². The van der Waals surface area contributed by atoms with Crippen LogP contribution in [0.25, 0.3) is 11.3 Å². The molecule has 1 N–H and O–H groups in total. The summed E-state index contributed by atoms with van der Waals surface area (Å²) in [6.45, 7) is 1.56. The third kappa shape index (κ3) is 1.56. The van der Waals surface area contributed by atoms with Crippen molar-refractivity contribution in [2.45, 2.75) is 13.5 Å². The van der Waals surface area contributed by atoms with Crippen LogP contribution < -0.4 is 0 Å². The first kappa shape index (κ1) is 8.68. The maximum Gasteiger partial charge on any atom is 0.303 e. The topological polar surface area (TPSA) is 67.9 Å². The molecule has 0 aromatic heterocycles. The summed E-state index contributed by atoms with van der Waals surface area (Å²) in [4.78, 5) is 21.6. The summed E-state index contributed by atoms with van der Waals surface area (Å²) in [5.41, 5.74) is 2.49. The minimum Gasteiger partial charge on any atom is -0.459 e. The monoisotopic (exact) mass is 191 g/mol. The van der Waals surface area contributed by atoms with E-state index in [9.17, 15) is 4.79 Å². The largest absolute Gasteiger partial charge is 0.459 e. The lowest BCUT2D eigenvalue weighted by molar-refractivity contribution is -0.142. The van der Waals surface area contributed by atoms with Gasteiger partial charge >= 0.3 is 5.97 Å². The molecule has 14 heavy (non-hydrogen) atoms. The van der Waals surface area contributed by atoms with Crippen molar-refractivity contribution < 1.29 is 9.53 Å². The molecule has 0 amide bonds. The molecule has 0 atom stereocenters. The Morgan fingerprint density at radius 1 is 1.57 bits per heavy atom. The van der Waals surface area contributed by atoms with E-state index >= 15 is 0 Å². The van der Waals surface area contributed by atoms with E-state index in [1.165, 1.54) is 6.92 Å². The molecule has 0 aromatic rings. The van der Waals surface area contributed by atoms with Crippen LogP contribution in [0.5, 0.6) is 0 Å². The fourth-order valence-corrected chi connectivity index (χ4v) is 1.20. The zero-order valence-electron chi connectivity index (χ0n) is 7.65. The molecule has 0 unspecified atom stereocenters. The fourth-order valence-electron chi connectivity index (χ4n) is 1.20. The second-order valence-electron chi connectivity index (χ2n) is 2.86. The highest BCUT2D eigenvalue weighted by molar-refractivity contribution is 5.66. The van der Waals surface area contributed by atoms with Gasteiger partial charge in [0.05, 0.1) is 23.9 Å². The summed E-state index contributed by atoms with van der Waals surface area (Å²) < 4.78 is 4.86. The molecule has 5 nitrogen and oxygen atoms in total. The molecule has 0 saturated carbocycles. The van der Waals surface area contributed by atoms with Crippen LogP contribution in [0.2, 0.25) is 0 Å². The highest BCUT2D eigenvalue weighted by Gasteiger charge is 2.10. The number of carbonyl (C=O) groups is 1. The second kappa shape index (κ2) is 3.45. The zero-order chi connectivity index (χ0) is 9.97. The number of fused-ring (bicyclic) bond motifs is 1. The minimum absolute atomic E-state index is 0.187. The van der Waals surface area contributed by atoms with Crippen LogP contribution in [0.3, 0.4) is 0 Å². The van der Waals surface area contributed by atoms with Crippen LogP contribution in [0.4, 0.5) is 0 Å². The number of hydrogen-bond donors (Lipinski definition) is 1. The van der Waals surface area contributed by atoms with Gasteiger partial charge in [0.15, 0.2) is 0 Å². The number of nitrogens with zero attached hydrogens (tertiary/aromatic N) is 2. The lowest BCUT2D eigenvalue weighted by Gasteiger charge is -2.05. The summed E-state index contributed by atoms with van der Waals surface area (Å²) in [6.07, 6.45) is 4.95. The van der Waals surface area contributed by atoms with Crippen LogP contribution in [-0.2, 0) is 16.1 Å². The molecule has 2 rings (SSSR count). The Morgan fingerprint density at radius 2 is 2.43 bits per heavy atom. The zero-order valence-corrected chi connectivity index (χ0v) is 7.65. The van der Waals surface area contributed by atoms with Crippen LogP contribution in [0.1, 0.15) is 12.6 Å². The second-order valence-corrected chi connectivity index (χ2v) is 2.86. The van der Waals surface area contributed by atoms with Gasteiger partial charge in [0.25, 0.3) is 0 Å². The fraction of sp³-hybridized carbons (Fsp3) is 0.222. The summed E-state index contributed by atoms with van der Waals surface area (Å²) in [5, 5.41) is 0. The van der Waals surface area contributed by atoms with Gasteiger partial charge in [-0.05, 0) is 0 Å². The molecular formula is C9H9N3O2. The van der Waals surface area contributed by atoms with E-state index in [2.05, 4.69) is 15.0 Å². The van der Waals surface area contributed by atoms with Gasteiger partial charge < -0.3 is 9.72 Å². The maximum absolute atomic E-state index is 10.6. The van der Waals surface area contributed by atoms with Crippen LogP contribution in [0, 0.1) is 0 Å². The van der Waals surface area contributed by atoms with Crippen molar-refractivity contribution in [3.05, 3.63) is 24.4 Å². The SMILES string of the molecule is CC(=O)OCc1nc[nH]c2cncc1-2. The first-order chi connectivity index (χ1) is 6.77. The Kier molecular flexibility index (Phi) is 2.14. The normalized spacial score (nSPS) is 10.4. The highest BCUT2D eigenvalue weighted by Crippen LogP contribution is 2.21. The van der Waals surface area contributed by atoms with Crippen molar-refractivity contribution >= 4 is 5.97 Å². The Labute approximate surface area is 80.5 Å². The molecule has 2 aliphatic rings. The molecular weight excluding hydrogens is 182 g/mol. The van der Waals surface area contributed by atoms with Crippen molar-refractivity contribution in [3.63, 3.8) is 0 Å². The van der Waals surface area contributed by atoms with Gasteiger partial charge in [-0.25, -0.2) is 4.98 Å². The minimum atomic E-state index is -0.313. The number of rotatable bonds is 2. The molecule has 0 aliphatic carbocycles. The van der Waals surface area contributed by atoms with Crippen LogP contribution >= 0.6 is 0 Å². The van der Waals surface area contributed by atoms with E-state index in [1.807, 2.05) is 0 Å². The first-order valence-corrected chi connectivity index (χ1v) is 4.16. The molecule has 0 aromatic carbocycles. The molecule has 0 radical (unpaired) electrons. The number of nitrogens with one attached hydrogen (secondary N) is 1. The van der Waals surface area contributed by atoms with E-state index < -0.39 is 0 Å². The molecule has 72 valence electrons.